The van der Waals surface area contributed by atoms with Crippen molar-refractivity contribution in [1.82, 2.24) is 0 Å². The summed E-state index contributed by atoms with van der Waals surface area (Å²) in [5.41, 5.74) is 9.24. The maximum atomic E-state index is 9.99. The fourth-order valence-electron chi connectivity index (χ4n) is 4.31. The van der Waals surface area contributed by atoms with Gasteiger partial charge >= 0.3 is 0 Å². The molecule has 25 heavy (non-hydrogen) atoms. The third kappa shape index (κ3) is 2.33. The Morgan fingerprint density at radius 3 is 2.52 bits per heavy atom. The lowest BCUT2D eigenvalue weighted by atomic mass is 9.56. The van der Waals surface area contributed by atoms with Crippen molar-refractivity contribution < 1.29 is 0 Å². The van der Waals surface area contributed by atoms with E-state index in [0.717, 1.165) is 41.5 Å². The van der Waals surface area contributed by atoms with Gasteiger partial charge in [-0.2, -0.15) is 15.8 Å². The minimum absolute atomic E-state index is 0.0319. The molecular weight excluding hydrogens is 308 g/mol. The molecule has 0 aromatic heterocycles. The SMILES string of the molecule is Cc1ccc(C)c([C@@H]2[C@H]3CCCC=C3C(C#N)=C(N)C2(C#N)C#N)c1. The molecule has 4 heteroatoms. The lowest BCUT2D eigenvalue weighted by Crippen LogP contribution is -2.43. The van der Waals surface area contributed by atoms with Gasteiger partial charge in [-0.1, -0.05) is 29.8 Å². The summed E-state index contributed by atoms with van der Waals surface area (Å²) in [5.74, 6) is -0.387. The fourth-order valence-corrected chi connectivity index (χ4v) is 4.31. The van der Waals surface area contributed by atoms with Crippen LogP contribution in [0.1, 0.15) is 41.9 Å². The molecule has 2 aliphatic rings. The highest BCUT2D eigenvalue weighted by molar-refractivity contribution is 5.59. The molecule has 2 atom stereocenters. The minimum atomic E-state index is -1.51. The fraction of sp³-hybridized carbons (Fsp3) is 0.381. The Kier molecular flexibility index (Phi) is 4.12. The molecule has 1 aromatic rings. The molecule has 0 aliphatic heterocycles. The van der Waals surface area contributed by atoms with E-state index in [-0.39, 0.29) is 17.5 Å². The van der Waals surface area contributed by atoms with Crippen molar-refractivity contribution in [2.45, 2.75) is 39.0 Å². The summed E-state index contributed by atoms with van der Waals surface area (Å²) in [6.45, 7) is 4.00. The number of benzene rings is 1. The number of fused-ring (bicyclic) bond motifs is 1. The largest absolute Gasteiger partial charge is 0.399 e. The smallest absolute Gasteiger partial charge is 0.191 e. The first-order valence-electron chi connectivity index (χ1n) is 8.50. The van der Waals surface area contributed by atoms with Gasteiger partial charge in [-0.05, 0) is 55.7 Å². The molecule has 0 bridgehead atoms. The molecular formula is C21H20N4. The van der Waals surface area contributed by atoms with Gasteiger partial charge in [0.1, 0.15) is 6.07 Å². The molecule has 0 heterocycles. The summed E-state index contributed by atoms with van der Waals surface area (Å²) in [4.78, 5) is 0. The monoisotopic (exact) mass is 328 g/mol. The number of aryl methyl sites for hydroxylation is 2. The summed E-state index contributed by atoms with van der Waals surface area (Å²) in [6.07, 6.45) is 4.81. The third-order valence-corrected chi connectivity index (χ3v) is 5.57. The van der Waals surface area contributed by atoms with Crippen LogP contribution in [0, 0.1) is 59.2 Å². The van der Waals surface area contributed by atoms with Crippen molar-refractivity contribution in [3.63, 3.8) is 0 Å². The van der Waals surface area contributed by atoms with E-state index < -0.39 is 5.41 Å². The highest BCUT2D eigenvalue weighted by atomic mass is 14.7. The Bertz CT molecular complexity index is 901. The summed E-state index contributed by atoms with van der Waals surface area (Å²) < 4.78 is 0. The van der Waals surface area contributed by atoms with E-state index in [4.69, 9.17) is 5.73 Å². The molecule has 0 unspecified atom stereocenters. The molecule has 3 rings (SSSR count). The predicted octanol–water partition coefficient (Wildman–Crippen LogP) is 3.90. The maximum absolute atomic E-state index is 9.99. The second-order valence-electron chi connectivity index (χ2n) is 6.97. The zero-order chi connectivity index (χ0) is 18.2. The standard InChI is InChI=1S/C21H20N4/c1-13-7-8-14(2)17(9-13)19-16-6-4-3-5-15(16)18(10-22)20(25)21(19,11-23)12-24/h5,7-9,16,19H,3-4,6,25H2,1-2H3/t16-,19-/m0/s1. The Morgan fingerprint density at radius 2 is 1.88 bits per heavy atom. The van der Waals surface area contributed by atoms with Crippen molar-refractivity contribution in [2.24, 2.45) is 17.1 Å². The Morgan fingerprint density at radius 1 is 1.16 bits per heavy atom. The van der Waals surface area contributed by atoms with Gasteiger partial charge in [-0.25, -0.2) is 0 Å². The lowest BCUT2D eigenvalue weighted by Gasteiger charge is -2.43. The van der Waals surface area contributed by atoms with Gasteiger partial charge in [0.2, 0.25) is 0 Å². The first-order chi connectivity index (χ1) is 12.0. The first-order valence-corrected chi connectivity index (χ1v) is 8.50. The molecule has 124 valence electrons. The average Bonchev–Trinajstić information content (AvgIpc) is 2.63. The first kappa shape index (κ1) is 16.8. The van der Waals surface area contributed by atoms with E-state index in [1.54, 1.807) is 0 Å². The Labute approximate surface area is 148 Å². The number of rotatable bonds is 1. The van der Waals surface area contributed by atoms with Crippen LogP contribution < -0.4 is 5.73 Å². The normalized spacial score (nSPS) is 24.4. The predicted molar refractivity (Wildman–Crippen MR) is 94.6 cm³/mol. The molecule has 2 aliphatic carbocycles. The number of nitriles is 3. The highest BCUT2D eigenvalue weighted by Gasteiger charge is 2.54. The second kappa shape index (κ2) is 6.12. The molecule has 0 radical (unpaired) electrons. The minimum Gasteiger partial charge on any atom is -0.399 e. The molecule has 0 spiro atoms. The van der Waals surface area contributed by atoms with Crippen LogP contribution >= 0.6 is 0 Å². The van der Waals surface area contributed by atoms with E-state index in [9.17, 15) is 15.8 Å². The quantitative estimate of drug-likeness (QED) is 0.845. The van der Waals surface area contributed by atoms with Crippen LogP contribution in [0.25, 0.3) is 0 Å². The lowest BCUT2D eigenvalue weighted by molar-refractivity contribution is 0.316. The van der Waals surface area contributed by atoms with Gasteiger partial charge in [0.15, 0.2) is 5.41 Å². The van der Waals surface area contributed by atoms with Crippen molar-refractivity contribution >= 4 is 0 Å². The number of hydrogen-bond donors (Lipinski definition) is 1. The molecule has 2 N–H and O–H groups in total. The van der Waals surface area contributed by atoms with Crippen LogP contribution in [0.15, 0.2) is 41.1 Å². The topological polar surface area (TPSA) is 97.4 Å². The van der Waals surface area contributed by atoms with Crippen LogP contribution in [0.3, 0.4) is 0 Å². The van der Waals surface area contributed by atoms with Gasteiger partial charge < -0.3 is 5.73 Å². The van der Waals surface area contributed by atoms with Crippen LogP contribution in [-0.4, -0.2) is 0 Å². The van der Waals surface area contributed by atoms with E-state index in [2.05, 4.69) is 30.4 Å². The zero-order valence-corrected chi connectivity index (χ0v) is 14.5. The third-order valence-electron chi connectivity index (χ3n) is 5.57. The molecule has 4 nitrogen and oxygen atoms in total. The molecule has 1 aromatic carbocycles. The van der Waals surface area contributed by atoms with Gasteiger partial charge in [-0.3, -0.25) is 0 Å². The zero-order valence-electron chi connectivity index (χ0n) is 14.5. The van der Waals surface area contributed by atoms with Gasteiger partial charge in [0.25, 0.3) is 0 Å². The van der Waals surface area contributed by atoms with Crippen LogP contribution in [-0.2, 0) is 0 Å². The van der Waals surface area contributed by atoms with Crippen molar-refractivity contribution in [1.29, 1.82) is 15.8 Å². The van der Waals surface area contributed by atoms with Crippen molar-refractivity contribution in [2.75, 3.05) is 0 Å². The second-order valence-corrected chi connectivity index (χ2v) is 6.97. The van der Waals surface area contributed by atoms with Crippen LogP contribution in [0.4, 0.5) is 0 Å². The Balaban J connectivity index is 2.38. The number of allylic oxidation sites excluding steroid dienone is 4. The molecule has 0 saturated heterocycles. The summed E-state index contributed by atoms with van der Waals surface area (Å²) in [7, 11) is 0. The summed E-state index contributed by atoms with van der Waals surface area (Å²) in [6, 6.07) is 12.6. The summed E-state index contributed by atoms with van der Waals surface area (Å²) in [5, 5.41) is 29.6. The van der Waals surface area contributed by atoms with E-state index in [1.165, 1.54) is 0 Å². The maximum Gasteiger partial charge on any atom is 0.191 e. The number of nitrogens with zero attached hydrogens (tertiary/aromatic N) is 3. The van der Waals surface area contributed by atoms with Crippen molar-refractivity contribution in [3.05, 3.63) is 57.8 Å². The van der Waals surface area contributed by atoms with E-state index in [0.29, 0.717) is 5.57 Å². The Hall–Kier alpha value is -3.03. The van der Waals surface area contributed by atoms with Crippen LogP contribution in [0.2, 0.25) is 0 Å². The molecule has 0 saturated carbocycles. The van der Waals surface area contributed by atoms with Gasteiger partial charge in [0.05, 0.1) is 23.4 Å². The molecule has 0 fully saturated rings. The average molecular weight is 328 g/mol. The number of nitrogens with two attached hydrogens (primary N) is 1. The van der Waals surface area contributed by atoms with Crippen LogP contribution in [0.5, 0.6) is 0 Å². The van der Waals surface area contributed by atoms with Gasteiger partial charge in [-0.15, -0.1) is 0 Å². The van der Waals surface area contributed by atoms with E-state index in [1.807, 2.05) is 26.0 Å². The number of hydrogen-bond acceptors (Lipinski definition) is 4. The molecule has 0 amide bonds. The van der Waals surface area contributed by atoms with E-state index >= 15 is 0 Å². The van der Waals surface area contributed by atoms with Crippen molar-refractivity contribution in [3.8, 4) is 18.2 Å². The summed E-state index contributed by atoms with van der Waals surface area (Å²) >= 11 is 0. The van der Waals surface area contributed by atoms with Gasteiger partial charge in [0, 0.05) is 5.92 Å². The highest BCUT2D eigenvalue weighted by Crippen LogP contribution is 2.56.